The topological polar surface area (TPSA) is 40.5 Å². The smallest absolute Gasteiger partial charge is 0.321 e. The van der Waals surface area contributed by atoms with E-state index in [0.29, 0.717) is 13.0 Å². The molecule has 0 aliphatic carbocycles. The maximum absolute atomic E-state index is 11.7. The molecule has 2 atom stereocenters. The number of hydrogen-bond donors (Lipinski definition) is 1. The summed E-state index contributed by atoms with van der Waals surface area (Å²) >= 11 is 1.71. The van der Waals surface area contributed by atoms with E-state index >= 15 is 0 Å². The predicted molar refractivity (Wildman–Crippen MR) is 84.5 cm³/mol. The lowest BCUT2D eigenvalue weighted by atomic mass is 9.92. The molecule has 1 aromatic heterocycles. The van der Waals surface area contributed by atoms with E-state index in [1.165, 1.54) is 16.0 Å². The Bertz CT molecular complexity index is 623. The monoisotopic (exact) mass is 301 g/mol. The third-order valence-corrected chi connectivity index (χ3v) is 5.20. The lowest BCUT2D eigenvalue weighted by molar-refractivity contribution is -0.145. The van der Waals surface area contributed by atoms with Crippen molar-refractivity contribution in [3.05, 3.63) is 57.8 Å². The minimum atomic E-state index is -0.723. The molecule has 0 saturated heterocycles. The molecular formula is C17H19NO2S. The molecule has 0 saturated carbocycles. The van der Waals surface area contributed by atoms with Crippen molar-refractivity contribution in [2.45, 2.75) is 38.4 Å². The van der Waals surface area contributed by atoms with Gasteiger partial charge in [-0.3, -0.25) is 9.69 Å². The van der Waals surface area contributed by atoms with E-state index in [4.69, 9.17) is 0 Å². The largest absolute Gasteiger partial charge is 0.480 e. The van der Waals surface area contributed by atoms with Gasteiger partial charge in [0.1, 0.15) is 6.04 Å². The van der Waals surface area contributed by atoms with Crippen LogP contribution in [0, 0.1) is 0 Å². The second-order valence-electron chi connectivity index (χ2n) is 5.44. The average molecular weight is 301 g/mol. The number of nitrogens with zero attached hydrogens (tertiary/aromatic N) is 1. The van der Waals surface area contributed by atoms with E-state index in [9.17, 15) is 9.90 Å². The minimum Gasteiger partial charge on any atom is -0.480 e. The van der Waals surface area contributed by atoms with Crippen molar-refractivity contribution >= 4 is 17.3 Å². The van der Waals surface area contributed by atoms with Gasteiger partial charge in [0.05, 0.1) is 0 Å². The van der Waals surface area contributed by atoms with Crippen molar-refractivity contribution < 1.29 is 9.90 Å². The van der Waals surface area contributed by atoms with Crippen molar-refractivity contribution in [1.29, 1.82) is 0 Å². The molecule has 1 aliphatic heterocycles. The molecule has 2 heterocycles. The van der Waals surface area contributed by atoms with Gasteiger partial charge in [0.2, 0.25) is 0 Å². The van der Waals surface area contributed by atoms with Crippen LogP contribution in [-0.2, 0) is 17.8 Å². The van der Waals surface area contributed by atoms with Crippen molar-refractivity contribution in [2.75, 3.05) is 0 Å². The van der Waals surface area contributed by atoms with Crippen LogP contribution >= 0.6 is 11.3 Å². The SMILES string of the molecule is CCC(c1cccs1)N1Cc2ccccc2CC1C(=O)O. The van der Waals surface area contributed by atoms with Gasteiger partial charge in [-0.15, -0.1) is 11.3 Å². The van der Waals surface area contributed by atoms with Crippen LogP contribution < -0.4 is 0 Å². The van der Waals surface area contributed by atoms with Crippen LogP contribution in [0.5, 0.6) is 0 Å². The number of thiophene rings is 1. The molecule has 0 spiro atoms. The first-order valence-corrected chi connectivity index (χ1v) is 8.17. The molecule has 0 amide bonds. The van der Waals surface area contributed by atoms with E-state index in [-0.39, 0.29) is 6.04 Å². The lowest BCUT2D eigenvalue weighted by Crippen LogP contribution is -2.47. The van der Waals surface area contributed by atoms with Crippen LogP contribution in [0.4, 0.5) is 0 Å². The van der Waals surface area contributed by atoms with E-state index in [2.05, 4.69) is 35.4 Å². The summed E-state index contributed by atoms with van der Waals surface area (Å²) in [6, 6.07) is 12.1. The number of hydrogen-bond acceptors (Lipinski definition) is 3. The summed E-state index contributed by atoms with van der Waals surface area (Å²) in [4.78, 5) is 15.1. The highest BCUT2D eigenvalue weighted by Gasteiger charge is 2.35. The predicted octanol–water partition coefficient (Wildman–Crippen LogP) is 3.71. The Morgan fingerprint density at radius 1 is 1.33 bits per heavy atom. The van der Waals surface area contributed by atoms with Gasteiger partial charge in [0.25, 0.3) is 0 Å². The number of rotatable bonds is 4. The summed E-state index contributed by atoms with van der Waals surface area (Å²) < 4.78 is 0. The number of fused-ring (bicyclic) bond motifs is 1. The first kappa shape index (κ1) is 14.3. The Morgan fingerprint density at radius 2 is 2.10 bits per heavy atom. The Morgan fingerprint density at radius 3 is 2.71 bits per heavy atom. The molecule has 2 unspecified atom stereocenters. The molecule has 3 nitrogen and oxygen atoms in total. The summed E-state index contributed by atoms with van der Waals surface area (Å²) in [5, 5.41) is 11.7. The second kappa shape index (κ2) is 6.00. The fraction of sp³-hybridized carbons (Fsp3) is 0.353. The first-order valence-electron chi connectivity index (χ1n) is 7.29. The normalized spacial score (nSPS) is 20.0. The summed E-state index contributed by atoms with van der Waals surface area (Å²) in [6.07, 6.45) is 1.51. The van der Waals surface area contributed by atoms with Crippen LogP contribution in [-0.4, -0.2) is 22.0 Å². The molecule has 1 aliphatic rings. The van der Waals surface area contributed by atoms with Gasteiger partial charge in [-0.1, -0.05) is 37.3 Å². The third-order valence-electron chi connectivity index (χ3n) is 4.23. The number of aliphatic carboxylic acids is 1. The van der Waals surface area contributed by atoms with E-state index in [1.807, 2.05) is 18.2 Å². The first-order chi connectivity index (χ1) is 10.2. The van der Waals surface area contributed by atoms with Gasteiger partial charge < -0.3 is 5.11 Å². The van der Waals surface area contributed by atoms with Crippen LogP contribution in [0.3, 0.4) is 0 Å². The highest BCUT2D eigenvalue weighted by Crippen LogP contribution is 2.35. The van der Waals surface area contributed by atoms with Crippen LogP contribution in [0.1, 0.15) is 35.4 Å². The van der Waals surface area contributed by atoms with E-state index in [1.54, 1.807) is 11.3 Å². The summed E-state index contributed by atoms with van der Waals surface area (Å²) in [5.74, 6) is -0.723. The zero-order valence-electron chi connectivity index (χ0n) is 12.0. The minimum absolute atomic E-state index is 0.180. The summed E-state index contributed by atoms with van der Waals surface area (Å²) in [6.45, 7) is 2.84. The van der Waals surface area contributed by atoms with Gasteiger partial charge in [0.15, 0.2) is 0 Å². The molecule has 21 heavy (non-hydrogen) atoms. The van der Waals surface area contributed by atoms with Crippen LogP contribution in [0.15, 0.2) is 41.8 Å². The van der Waals surface area contributed by atoms with Crippen molar-refractivity contribution in [1.82, 2.24) is 4.90 Å². The van der Waals surface area contributed by atoms with Crippen LogP contribution in [0.25, 0.3) is 0 Å². The zero-order chi connectivity index (χ0) is 14.8. The molecule has 2 aromatic rings. The van der Waals surface area contributed by atoms with Gasteiger partial charge in [-0.05, 0) is 35.4 Å². The van der Waals surface area contributed by atoms with Crippen molar-refractivity contribution in [2.24, 2.45) is 0 Å². The Labute approximate surface area is 128 Å². The maximum atomic E-state index is 11.7. The van der Waals surface area contributed by atoms with Gasteiger partial charge in [-0.2, -0.15) is 0 Å². The maximum Gasteiger partial charge on any atom is 0.321 e. The van der Waals surface area contributed by atoms with E-state index in [0.717, 1.165) is 6.42 Å². The Kier molecular flexibility index (Phi) is 4.08. The van der Waals surface area contributed by atoms with Gasteiger partial charge in [0, 0.05) is 17.5 Å². The third kappa shape index (κ3) is 2.74. The Hall–Kier alpha value is -1.65. The highest BCUT2D eigenvalue weighted by atomic mass is 32.1. The highest BCUT2D eigenvalue weighted by molar-refractivity contribution is 7.10. The van der Waals surface area contributed by atoms with Crippen molar-refractivity contribution in [3.63, 3.8) is 0 Å². The van der Waals surface area contributed by atoms with Gasteiger partial charge >= 0.3 is 5.97 Å². The lowest BCUT2D eigenvalue weighted by Gasteiger charge is -2.39. The number of benzene rings is 1. The fourth-order valence-corrected chi connectivity index (χ4v) is 4.11. The number of carboxylic acid groups (broad SMARTS) is 1. The molecule has 0 bridgehead atoms. The zero-order valence-corrected chi connectivity index (χ0v) is 12.8. The molecule has 0 radical (unpaired) electrons. The molecule has 0 fully saturated rings. The molecule has 1 N–H and O–H groups in total. The standard InChI is InChI=1S/C17H19NO2S/c1-2-14(16-8-5-9-21-16)18-11-13-7-4-3-6-12(13)10-15(18)17(19)20/h3-9,14-15H,2,10-11H2,1H3,(H,19,20). The van der Waals surface area contributed by atoms with Gasteiger partial charge in [-0.25, -0.2) is 0 Å². The molecule has 4 heteroatoms. The summed E-state index contributed by atoms with van der Waals surface area (Å²) in [5.41, 5.74) is 2.42. The second-order valence-corrected chi connectivity index (χ2v) is 6.42. The average Bonchev–Trinajstić information content (AvgIpc) is 3.01. The Balaban J connectivity index is 1.97. The summed E-state index contributed by atoms with van der Waals surface area (Å²) in [7, 11) is 0. The van der Waals surface area contributed by atoms with Crippen molar-refractivity contribution in [3.8, 4) is 0 Å². The molecular weight excluding hydrogens is 282 g/mol. The van der Waals surface area contributed by atoms with Crippen LogP contribution in [0.2, 0.25) is 0 Å². The molecule has 110 valence electrons. The van der Waals surface area contributed by atoms with E-state index < -0.39 is 12.0 Å². The number of carboxylic acids is 1. The number of carbonyl (C=O) groups is 1. The molecule has 1 aromatic carbocycles. The molecule has 3 rings (SSSR count). The fourth-order valence-electron chi connectivity index (χ4n) is 3.18. The quantitative estimate of drug-likeness (QED) is 0.936.